The highest BCUT2D eigenvalue weighted by Gasteiger charge is 2.16. The number of benzene rings is 2. The van der Waals surface area contributed by atoms with Crippen LogP contribution < -0.4 is 15.6 Å². The number of carbonyl (C=O) groups excluding carboxylic acids is 1. The van der Waals surface area contributed by atoms with E-state index < -0.39 is 0 Å². The minimum atomic E-state index is -0.158. The number of nitrogens with zero attached hydrogens (tertiary/aromatic N) is 2. The van der Waals surface area contributed by atoms with Crippen LogP contribution in [0.4, 0.5) is 0 Å². The number of ether oxygens (including phenoxy) is 1. The molecule has 0 saturated carbocycles. The Morgan fingerprint density at radius 1 is 1.03 bits per heavy atom. The van der Waals surface area contributed by atoms with E-state index in [-0.39, 0.29) is 11.5 Å². The molecule has 30 heavy (non-hydrogen) atoms. The zero-order valence-corrected chi connectivity index (χ0v) is 17.3. The monoisotopic (exact) mass is 405 g/mol. The average Bonchev–Trinajstić information content (AvgIpc) is 3.31. The molecule has 4 rings (SSSR count). The van der Waals surface area contributed by atoms with Gasteiger partial charge in [-0.15, -0.1) is 0 Å². The van der Waals surface area contributed by atoms with Crippen LogP contribution in [0.1, 0.15) is 29.6 Å². The van der Waals surface area contributed by atoms with Gasteiger partial charge in [-0.25, -0.2) is 0 Å². The fourth-order valence-corrected chi connectivity index (χ4v) is 4.01. The molecule has 2 aromatic carbocycles. The maximum absolute atomic E-state index is 13.1. The number of pyridine rings is 1. The highest BCUT2D eigenvalue weighted by molar-refractivity contribution is 6.06. The number of aromatic nitrogens is 1. The summed E-state index contributed by atoms with van der Waals surface area (Å²) >= 11 is 0. The van der Waals surface area contributed by atoms with E-state index in [9.17, 15) is 9.59 Å². The van der Waals surface area contributed by atoms with Crippen molar-refractivity contribution in [3.05, 3.63) is 70.6 Å². The molecule has 1 aliphatic rings. The van der Waals surface area contributed by atoms with E-state index >= 15 is 0 Å². The summed E-state index contributed by atoms with van der Waals surface area (Å²) in [5, 5.41) is 4.23. The molecule has 0 radical (unpaired) electrons. The number of rotatable bonds is 7. The van der Waals surface area contributed by atoms with Crippen molar-refractivity contribution >= 4 is 16.7 Å². The number of fused-ring (bicyclic) bond motifs is 1. The lowest BCUT2D eigenvalue weighted by Gasteiger charge is -2.15. The molecule has 156 valence electrons. The topological polar surface area (TPSA) is 63.6 Å². The average molecular weight is 405 g/mol. The summed E-state index contributed by atoms with van der Waals surface area (Å²) in [5.74, 6) is 0.554. The van der Waals surface area contributed by atoms with Crippen molar-refractivity contribution in [1.29, 1.82) is 0 Å². The third kappa shape index (κ3) is 4.24. The van der Waals surface area contributed by atoms with E-state index in [2.05, 4.69) is 10.2 Å². The molecule has 0 atom stereocenters. The summed E-state index contributed by atoms with van der Waals surface area (Å²) in [6, 6.07) is 14.5. The van der Waals surface area contributed by atoms with Gasteiger partial charge in [0.15, 0.2) is 0 Å². The van der Waals surface area contributed by atoms with Gasteiger partial charge < -0.3 is 15.0 Å². The number of nitrogens with one attached hydrogen (secondary N) is 1. The van der Waals surface area contributed by atoms with E-state index in [0.29, 0.717) is 34.3 Å². The molecule has 0 bridgehead atoms. The summed E-state index contributed by atoms with van der Waals surface area (Å²) in [5.41, 5.74) is 1.04. The Morgan fingerprint density at radius 2 is 1.73 bits per heavy atom. The summed E-state index contributed by atoms with van der Waals surface area (Å²) in [7, 11) is 1.60. The van der Waals surface area contributed by atoms with Crippen molar-refractivity contribution in [3.63, 3.8) is 0 Å². The van der Waals surface area contributed by atoms with Crippen LogP contribution in [-0.4, -0.2) is 48.7 Å². The molecule has 2 heterocycles. The summed E-state index contributed by atoms with van der Waals surface area (Å²) in [6.07, 6.45) is 5.10. The number of amides is 1. The van der Waals surface area contributed by atoms with Gasteiger partial charge in [0.1, 0.15) is 5.75 Å². The molecule has 1 saturated heterocycles. The van der Waals surface area contributed by atoms with Gasteiger partial charge in [0.2, 0.25) is 0 Å². The third-order valence-corrected chi connectivity index (χ3v) is 5.66. The Balaban J connectivity index is 1.60. The third-order valence-electron chi connectivity index (χ3n) is 5.66. The Labute approximate surface area is 176 Å². The Morgan fingerprint density at radius 3 is 2.43 bits per heavy atom. The fraction of sp³-hybridized carbons (Fsp3) is 0.333. The normalized spacial score (nSPS) is 14.2. The molecule has 0 spiro atoms. The lowest BCUT2D eigenvalue weighted by atomic mass is 10.1. The van der Waals surface area contributed by atoms with E-state index in [1.165, 1.54) is 17.4 Å². The SMILES string of the molecule is COc1ccc(-n2cc(C(=O)NCCCN3CCCC3)c3ccccc3c2=O)cc1. The molecule has 1 aromatic heterocycles. The van der Waals surface area contributed by atoms with Crippen LogP contribution in [0.15, 0.2) is 59.5 Å². The second-order valence-corrected chi connectivity index (χ2v) is 7.62. The van der Waals surface area contributed by atoms with Crippen LogP contribution in [0.5, 0.6) is 5.75 Å². The molecule has 6 heteroatoms. The molecule has 0 unspecified atom stereocenters. The minimum Gasteiger partial charge on any atom is -0.497 e. The van der Waals surface area contributed by atoms with Gasteiger partial charge in [0.05, 0.1) is 12.7 Å². The van der Waals surface area contributed by atoms with Crippen LogP contribution in [-0.2, 0) is 0 Å². The molecule has 6 nitrogen and oxygen atoms in total. The Kier molecular flexibility index (Phi) is 6.14. The van der Waals surface area contributed by atoms with Gasteiger partial charge in [0.25, 0.3) is 11.5 Å². The number of likely N-dealkylation sites (tertiary alicyclic amines) is 1. The van der Waals surface area contributed by atoms with Crippen molar-refractivity contribution in [1.82, 2.24) is 14.8 Å². The van der Waals surface area contributed by atoms with Crippen LogP contribution in [0.3, 0.4) is 0 Å². The van der Waals surface area contributed by atoms with E-state index in [4.69, 9.17) is 4.74 Å². The first-order chi connectivity index (χ1) is 14.7. The summed E-state index contributed by atoms with van der Waals surface area (Å²) in [6.45, 7) is 3.94. The molecular weight excluding hydrogens is 378 g/mol. The van der Waals surface area contributed by atoms with Crippen molar-refractivity contribution < 1.29 is 9.53 Å². The van der Waals surface area contributed by atoms with Crippen LogP contribution in [0, 0.1) is 0 Å². The molecule has 1 aliphatic heterocycles. The minimum absolute atomic E-state index is 0.152. The second-order valence-electron chi connectivity index (χ2n) is 7.62. The van der Waals surface area contributed by atoms with Gasteiger partial charge in [-0.05, 0) is 69.2 Å². The summed E-state index contributed by atoms with van der Waals surface area (Å²) < 4.78 is 6.73. The van der Waals surface area contributed by atoms with E-state index in [0.717, 1.165) is 26.1 Å². The van der Waals surface area contributed by atoms with Gasteiger partial charge in [-0.2, -0.15) is 0 Å². The zero-order valence-electron chi connectivity index (χ0n) is 17.3. The molecular formula is C24H27N3O3. The number of hydrogen-bond donors (Lipinski definition) is 1. The fourth-order valence-electron chi connectivity index (χ4n) is 4.01. The number of hydrogen-bond acceptors (Lipinski definition) is 4. The molecule has 1 amide bonds. The van der Waals surface area contributed by atoms with Crippen LogP contribution >= 0.6 is 0 Å². The van der Waals surface area contributed by atoms with Crippen molar-refractivity contribution in [2.24, 2.45) is 0 Å². The largest absolute Gasteiger partial charge is 0.497 e. The molecule has 3 aromatic rings. The van der Waals surface area contributed by atoms with Crippen LogP contribution in [0.25, 0.3) is 16.5 Å². The second kappa shape index (κ2) is 9.13. The predicted octanol–water partition coefficient (Wildman–Crippen LogP) is 3.22. The van der Waals surface area contributed by atoms with Gasteiger partial charge >= 0.3 is 0 Å². The van der Waals surface area contributed by atoms with Crippen molar-refractivity contribution in [2.45, 2.75) is 19.3 Å². The predicted molar refractivity (Wildman–Crippen MR) is 119 cm³/mol. The van der Waals surface area contributed by atoms with Crippen molar-refractivity contribution in [2.75, 3.05) is 33.3 Å². The van der Waals surface area contributed by atoms with Crippen LogP contribution in [0.2, 0.25) is 0 Å². The van der Waals surface area contributed by atoms with E-state index in [1.54, 1.807) is 31.5 Å². The molecule has 1 N–H and O–H groups in total. The molecule has 1 fully saturated rings. The highest BCUT2D eigenvalue weighted by Crippen LogP contribution is 2.19. The van der Waals surface area contributed by atoms with Gasteiger partial charge in [-0.1, -0.05) is 18.2 Å². The number of carbonyl (C=O) groups is 1. The maximum Gasteiger partial charge on any atom is 0.262 e. The highest BCUT2D eigenvalue weighted by atomic mass is 16.5. The zero-order chi connectivity index (χ0) is 20.9. The molecule has 0 aliphatic carbocycles. The summed E-state index contributed by atoms with van der Waals surface area (Å²) in [4.78, 5) is 28.5. The number of methoxy groups -OCH3 is 1. The maximum atomic E-state index is 13.1. The van der Waals surface area contributed by atoms with E-state index in [1.807, 2.05) is 30.3 Å². The first-order valence-corrected chi connectivity index (χ1v) is 10.5. The standard InChI is InChI=1S/C24H27N3O3/c1-30-19-11-9-18(10-12-19)27-17-22(20-7-2-3-8-21(20)24(27)29)23(28)25-13-6-16-26-14-4-5-15-26/h2-3,7-12,17H,4-6,13-16H2,1H3,(H,25,28). The quantitative estimate of drug-likeness (QED) is 0.613. The first kappa shape index (κ1) is 20.2. The van der Waals surface area contributed by atoms with Crippen molar-refractivity contribution in [3.8, 4) is 11.4 Å². The smallest absolute Gasteiger partial charge is 0.262 e. The first-order valence-electron chi connectivity index (χ1n) is 10.5. The van der Waals surface area contributed by atoms with Gasteiger partial charge in [-0.3, -0.25) is 14.2 Å². The lowest BCUT2D eigenvalue weighted by Crippen LogP contribution is -2.30. The Bertz CT molecular complexity index is 1080. The lowest BCUT2D eigenvalue weighted by molar-refractivity contribution is 0.0953. The Hall–Kier alpha value is -3.12. The van der Waals surface area contributed by atoms with Gasteiger partial charge in [0, 0.05) is 29.2 Å².